The van der Waals surface area contributed by atoms with Crippen molar-refractivity contribution in [3.63, 3.8) is 0 Å². The Morgan fingerprint density at radius 1 is 1.20 bits per heavy atom. The Bertz CT molecular complexity index is 960. The maximum absolute atomic E-state index is 12.6. The van der Waals surface area contributed by atoms with Crippen LogP contribution < -0.4 is 19.5 Å². The third-order valence-corrected chi connectivity index (χ3v) is 5.19. The number of sulfone groups is 1. The Kier molecular flexibility index (Phi) is 4.50. The van der Waals surface area contributed by atoms with Crippen molar-refractivity contribution < 1.29 is 22.6 Å². The summed E-state index contributed by atoms with van der Waals surface area (Å²) in [5, 5.41) is 12.0. The van der Waals surface area contributed by atoms with Gasteiger partial charge >= 0.3 is 0 Å². The fourth-order valence-corrected chi connectivity index (χ4v) is 3.27. The number of nitriles is 1. The lowest BCUT2D eigenvalue weighted by Crippen LogP contribution is -2.05. The molecular weight excluding hydrogens is 344 g/mol. The van der Waals surface area contributed by atoms with Crippen molar-refractivity contribution in [3.05, 3.63) is 53.6 Å². The number of hydrogen-bond donors (Lipinski definition) is 1. The second-order valence-electron chi connectivity index (χ2n) is 5.01. The van der Waals surface area contributed by atoms with Crippen molar-refractivity contribution >= 4 is 15.5 Å². The molecule has 3 rings (SSSR count). The van der Waals surface area contributed by atoms with Gasteiger partial charge in [-0.25, -0.2) is 8.42 Å². The van der Waals surface area contributed by atoms with Crippen LogP contribution in [0.2, 0.25) is 0 Å². The molecule has 0 spiro atoms. The van der Waals surface area contributed by atoms with Gasteiger partial charge in [0, 0.05) is 18.0 Å². The number of benzene rings is 2. The summed E-state index contributed by atoms with van der Waals surface area (Å²) in [6, 6.07) is 12.6. The maximum Gasteiger partial charge on any atom is 0.231 e. The minimum absolute atomic E-state index is 0.00795. The van der Waals surface area contributed by atoms with E-state index in [0.717, 1.165) is 6.20 Å². The fraction of sp³-hybridized carbons (Fsp3) is 0.118. The maximum atomic E-state index is 12.6. The summed E-state index contributed by atoms with van der Waals surface area (Å²) in [5.74, 6) is 1.69. The van der Waals surface area contributed by atoms with Gasteiger partial charge in [-0.15, -0.1) is 0 Å². The van der Waals surface area contributed by atoms with Gasteiger partial charge in [-0.3, -0.25) is 0 Å². The van der Waals surface area contributed by atoms with Crippen molar-refractivity contribution in [2.45, 2.75) is 4.90 Å². The number of rotatable bonds is 5. The molecule has 0 saturated heterocycles. The molecule has 1 aliphatic heterocycles. The summed E-state index contributed by atoms with van der Waals surface area (Å²) in [5.41, 5.74) is 0.571. The fourth-order valence-electron chi connectivity index (χ4n) is 2.19. The van der Waals surface area contributed by atoms with E-state index >= 15 is 0 Å². The number of fused-ring (bicyclic) bond motifs is 1. The van der Waals surface area contributed by atoms with Gasteiger partial charge in [0.15, 0.2) is 16.4 Å². The molecule has 0 amide bonds. The smallest absolute Gasteiger partial charge is 0.231 e. The van der Waals surface area contributed by atoms with Crippen molar-refractivity contribution in [1.29, 1.82) is 5.26 Å². The highest BCUT2D eigenvalue weighted by Crippen LogP contribution is 2.34. The van der Waals surface area contributed by atoms with Crippen molar-refractivity contribution in [1.82, 2.24) is 0 Å². The number of nitrogens with one attached hydrogen (secondary N) is 1. The van der Waals surface area contributed by atoms with Gasteiger partial charge in [0.2, 0.25) is 16.6 Å². The van der Waals surface area contributed by atoms with E-state index in [9.17, 15) is 13.7 Å². The molecule has 1 N–H and O–H groups in total. The van der Waals surface area contributed by atoms with E-state index in [1.165, 1.54) is 31.4 Å². The molecule has 0 radical (unpaired) electrons. The summed E-state index contributed by atoms with van der Waals surface area (Å²) >= 11 is 0. The highest BCUT2D eigenvalue weighted by Gasteiger charge is 2.21. The molecule has 0 aliphatic carbocycles. The standard InChI is InChI=1S/C17H14N2O5S/c1-22-13-3-5-14(6-4-13)25(20,21)15(9-18)10-19-12-2-7-16-17(8-12)24-11-23-16/h2-8,10,19H,11H2,1H3. The molecule has 128 valence electrons. The Morgan fingerprint density at radius 2 is 1.92 bits per heavy atom. The average Bonchev–Trinajstić information content (AvgIpc) is 3.10. The number of ether oxygens (including phenoxy) is 3. The third-order valence-electron chi connectivity index (χ3n) is 3.51. The van der Waals surface area contributed by atoms with Gasteiger partial charge in [-0.2, -0.15) is 5.26 Å². The average molecular weight is 358 g/mol. The molecule has 1 aliphatic rings. The Morgan fingerprint density at radius 3 is 2.60 bits per heavy atom. The molecule has 0 saturated carbocycles. The van der Waals surface area contributed by atoms with Gasteiger partial charge in [0.05, 0.1) is 12.0 Å². The van der Waals surface area contributed by atoms with Crippen molar-refractivity contribution in [2.24, 2.45) is 0 Å². The van der Waals surface area contributed by atoms with Crippen LogP contribution in [0.15, 0.2) is 58.5 Å². The number of anilines is 1. The van der Waals surface area contributed by atoms with E-state index in [1.54, 1.807) is 24.3 Å². The van der Waals surface area contributed by atoms with Crippen LogP contribution in [0.25, 0.3) is 0 Å². The molecule has 0 unspecified atom stereocenters. The van der Waals surface area contributed by atoms with E-state index in [4.69, 9.17) is 14.2 Å². The second-order valence-corrected chi connectivity index (χ2v) is 6.93. The SMILES string of the molecule is COc1ccc(S(=O)(=O)C(C#N)=CNc2ccc3c(c2)OCO3)cc1. The lowest BCUT2D eigenvalue weighted by molar-refractivity contribution is 0.174. The summed E-state index contributed by atoms with van der Waals surface area (Å²) < 4.78 is 40.6. The molecule has 2 aromatic rings. The summed E-state index contributed by atoms with van der Waals surface area (Å²) in [6.07, 6.45) is 1.15. The van der Waals surface area contributed by atoms with Crippen LogP contribution in [0.3, 0.4) is 0 Å². The molecule has 0 aromatic heterocycles. The zero-order valence-electron chi connectivity index (χ0n) is 13.2. The Hall–Kier alpha value is -3.18. The Balaban J connectivity index is 1.85. The zero-order chi connectivity index (χ0) is 17.9. The van der Waals surface area contributed by atoms with Gasteiger partial charge < -0.3 is 19.5 Å². The molecule has 0 bridgehead atoms. The summed E-state index contributed by atoms with van der Waals surface area (Å²) in [7, 11) is -2.45. The van der Waals surface area contributed by atoms with E-state index in [0.29, 0.717) is 22.9 Å². The number of allylic oxidation sites excluding steroid dienone is 1. The van der Waals surface area contributed by atoms with Crippen LogP contribution in [0.5, 0.6) is 17.2 Å². The molecule has 25 heavy (non-hydrogen) atoms. The minimum Gasteiger partial charge on any atom is -0.497 e. The van der Waals surface area contributed by atoms with E-state index in [2.05, 4.69) is 5.32 Å². The lowest BCUT2D eigenvalue weighted by Gasteiger charge is -2.06. The second kappa shape index (κ2) is 6.75. The molecule has 7 nitrogen and oxygen atoms in total. The molecule has 8 heteroatoms. The first kappa shape index (κ1) is 16.7. The van der Waals surface area contributed by atoms with Gasteiger partial charge in [-0.1, -0.05) is 0 Å². The summed E-state index contributed by atoms with van der Waals surface area (Å²) in [4.78, 5) is -0.399. The van der Waals surface area contributed by atoms with Crippen LogP contribution in [-0.4, -0.2) is 22.3 Å². The predicted octanol–water partition coefficient (Wildman–Crippen LogP) is 2.67. The molecule has 0 fully saturated rings. The topological polar surface area (TPSA) is 97.7 Å². The van der Waals surface area contributed by atoms with E-state index < -0.39 is 14.7 Å². The predicted molar refractivity (Wildman–Crippen MR) is 90.1 cm³/mol. The third kappa shape index (κ3) is 3.36. The summed E-state index contributed by atoms with van der Waals surface area (Å²) in [6.45, 7) is 0.143. The van der Waals surface area contributed by atoms with Gasteiger partial charge in [0.25, 0.3) is 0 Å². The normalized spacial score (nSPS) is 13.2. The zero-order valence-corrected chi connectivity index (χ0v) is 14.0. The highest BCUT2D eigenvalue weighted by atomic mass is 32.2. The highest BCUT2D eigenvalue weighted by molar-refractivity contribution is 7.95. The number of hydrogen-bond acceptors (Lipinski definition) is 7. The Labute approximate surface area is 145 Å². The number of methoxy groups -OCH3 is 1. The van der Waals surface area contributed by atoms with Crippen molar-refractivity contribution in [2.75, 3.05) is 19.2 Å². The number of nitrogens with zero attached hydrogens (tertiary/aromatic N) is 1. The quantitative estimate of drug-likeness (QED) is 0.821. The lowest BCUT2D eigenvalue weighted by atomic mass is 10.3. The first-order valence-corrected chi connectivity index (χ1v) is 8.68. The largest absolute Gasteiger partial charge is 0.497 e. The molecule has 0 atom stereocenters. The van der Waals surface area contributed by atoms with Gasteiger partial charge in [0.1, 0.15) is 11.8 Å². The van der Waals surface area contributed by atoms with Crippen LogP contribution in [0.4, 0.5) is 5.69 Å². The molecular formula is C17H14N2O5S. The van der Waals surface area contributed by atoms with Crippen LogP contribution in [0, 0.1) is 11.3 Å². The van der Waals surface area contributed by atoms with E-state index in [1.807, 2.05) is 0 Å². The van der Waals surface area contributed by atoms with Crippen molar-refractivity contribution in [3.8, 4) is 23.3 Å². The molecule has 2 aromatic carbocycles. The minimum atomic E-state index is -3.93. The first-order chi connectivity index (χ1) is 12.0. The molecule has 1 heterocycles. The van der Waals surface area contributed by atoms with Crippen LogP contribution in [0.1, 0.15) is 0 Å². The van der Waals surface area contributed by atoms with E-state index in [-0.39, 0.29) is 11.7 Å². The van der Waals surface area contributed by atoms with Gasteiger partial charge in [-0.05, 0) is 36.4 Å². The van der Waals surface area contributed by atoms with Crippen LogP contribution in [-0.2, 0) is 9.84 Å². The van der Waals surface area contributed by atoms with Crippen LogP contribution >= 0.6 is 0 Å². The first-order valence-electron chi connectivity index (χ1n) is 7.20. The monoisotopic (exact) mass is 358 g/mol.